The fourth-order valence-electron chi connectivity index (χ4n) is 4.63. The van der Waals surface area contributed by atoms with Crippen LogP contribution in [0.1, 0.15) is 56.2 Å². The minimum absolute atomic E-state index is 0.00895. The van der Waals surface area contributed by atoms with Gasteiger partial charge in [-0.3, -0.25) is 4.79 Å². The lowest BCUT2D eigenvalue weighted by Gasteiger charge is -2.24. The molecular weight excluding hydrogens is 444 g/mol. The summed E-state index contributed by atoms with van der Waals surface area (Å²) in [4.78, 5) is 18.1. The van der Waals surface area contributed by atoms with Crippen LogP contribution < -0.4 is 15.4 Å². The summed E-state index contributed by atoms with van der Waals surface area (Å²) in [6.07, 6.45) is 7.02. The maximum Gasteiger partial charge on any atom is 0.241 e. The number of hydrogen-bond acceptors (Lipinski definition) is 6. The molecule has 2 fully saturated rings. The molecule has 1 aliphatic carbocycles. The third-order valence-electron chi connectivity index (χ3n) is 6.35. The van der Waals surface area contributed by atoms with Gasteiger partial charge in [0.1, 0.15) is 0 Å². The van der Waals surface area contributed by atoms with E-state index in [0.29, 0.717) is 34.5 Å². The number of amides is 1. The van der Waals surface area contributed by atoms with Crippen molar-refractivity contribution in [3.8, 4) is 10.4 Å². The van der Waals surface area contributed by atoms with E-state index in [1.807, 2.05) is 26.0 Å². The molecule has 4 rings (SSSR count). The van der Waals surface area contributed by atoms with Gasteiger partial charge >= 0.3 is 0 Å². The van der Waals surface area contributed by atoms with E-state index >= 15 is 0 Å². The Balaban J connectivity index is 1.52. The first-order valence-electron chi connectivity index (χ1n) is 11.4. The predicted octanol–water partition coefficient (Wildman–Crippen LogP) is 3.98. The monoisotopic (exact) mass is 476 g/mol. The third kappa shape index (κ3) is 5.57. The highest BCUT2D eigenvalue weighted by Gasteiger charge is 2.24. The lowest BCUT2D eigenvalue weighted by atomic mass is 10.0. The summed E-state index contributed by atoms with van der Waals surface area (Å²) in [6, 6.07) is 5.38. The SMILES string of the molecule is Cc1ccc(-c2sc(NC(=O)CC3CCCC3)nc2C)cc1S(=O)(=O)NC1CCCNC1. The number of hydrogen-bond donors (Lipinski definition) is 3. The Bertz CT molecular complexity index is 1070. The molecule has 1 aliphatic heterocycles. The molecule has 9 heteroatoms. The Morgan fingerprint density at radius 3 is 2.69 bits per heavy atom. The number of sulfonamides is 1. The summed E-state index contributed by atoms with van der Waals surface area (Å²) in [6.45, 7) is 5.27. The average Bonchev–Trinajstić information content (AvgIpc) is 3.38. The van der Waals surface area contributed by atoms with E-state index in [9.17, 15) is 13.2 Å². The molecule has 7 nitrogen and oxygen atoms in total. The van der Waals surface area contributed by atoms with E-state index in [-0.39, 0.29) is 11.9 Å². The average molecular weight is 477 g/mol. The number of nitrogens with one attached hydrogen (secondary N) is 3. The Hall–Kier alpha value is -1.81. The zero-order chi connectivity index (χ0) is 22.7. The number of carbonyl (C=O) groups is 1. The summed E-state index contributed by atoms with van der Waals surface area (Å²) in [5.41, 5.74) is 2.28. The van der Waals surface area contributed by atoms with E-state index in [2.05, 4.69) is 20.3 Å². The second-order valence-electron chi connectivity index (χ2n) is 8.98. The van der Waals surface area contributed by atoms with E-state index in [1.54, 1.807) is 6.07 Å². The molecule has 0 radical (unpaired) electrons. The van der Waals surface area contributed by atoms with E-state index in [4.69, 9.17) is 0 Å². The highest BCUT2D eigenvalue weighted by molar-refractivity contribution is 7.89. The van der Waals surface area contributed by atoms with Gasteiger partial charge in [-0.05, 0) is 69.2 Å². The van der Waals surface area contributed by atoms with Gasteiger partial charge in [0.2, 0.25) is 15.9 Å². The molecule has 1 aromatic carbocycles. The number of aryl methyl sites for hydroxylation is 2. The number of rotatable bonds is 7. The largest absolute Gasteiger partial charge is 0.315 e. The number of nitrogens with zero attached hydrogens (tertiary/aromatic N) is 1. The summed E-state index contributed by atoms with van der Waals surface area (Å²) in [5, 5.41) is 6.75. The number of benzene rings is 1. The molecule has 174 valence electrons. The molecule has 0 spiro atoms. The Morgan fingerprint density at radius 2 is 1.97 bits per heavy atom. The molecular formula is C23H32N4O3S2. The Morgan fingerprint density at radius 1 is 1.19 bits per heavy atom. The second-order valence-corrected chi connectivity index (χ2v) is 11.7. The predicted molar refractivity (Wildman–Crippen MR) is 128 cm³/mol. The molecule has 1 amide bonds. The van der Waals surface area contributed by atoms with E-state index < -0.39 is 10.0 Å². The smallest absolute Gasteiger partial charge is 0.241 e. The highest BCUT2D eigenvalue weighted by atomic mass is 32.2. The van der Waals surface area contributed by atoms with Crippen LogP contribution in [-0.4, -0.2) is 38.4 Å². The van der Waals surface area contributed by atoms with Crippen LogP contribution in [0.3, 0.4) is 0 Å². The van der Waals surface area contributed by atoms with Crippen molar-refractivity contribution in [1.29, 1.82) is 0 Å². The fourth-order valence-corrected chi connectivity index (χ4v) is 7.15. The first-order valence-corrected chi connectivity index (χ1v) is 13.7. The first-order chi connectivity index (χ1) is 15.3. The summed E-state index contributed by atoms with van der Waals surface area (Å²) in [5.74, 6) is 0.488. The van der Waals surface area contributed by atoms with Crippen molar-refractivity contribution in [1.82, 2.24) is 15.0 Å². The topological polar surface area (TPSA) is 100 Å². The van der Waals surface area contributed by atoms with Crippen LogP contribution in [0.15, 0.2) is 23.1 Å². The van der Waals surface area contributed by atoms with E-state index in [0.717, 1.165) is 48.4 Å². The normalized spacial score (nSPS) is 19.9. The van der Waals surface area contributed by atoms with Crippen molar-refractivity contribution in [3.05, 3.63) is 29.5 Å². The van der Waals surface area contributed by atoms with Gasteiger partial charge in [-0.2, -0.15) is 0 Å². The Labute approximate surface area is 194 Å². The van der Waals surface area contributed by atoms with Gasteiger partial charge < -0.3 is 10.6 Å². The molecule has 32 heavy (non-hydrogen) atoms. The third-order valence-corrected chi connectivity index (χ3v) is 9.13. The van der Waals surface area contributed by atoms with Crippen LogP contribution in [0.25, 0.3) is 10.4 Å². The van der Waals surface area contributed by atoms with Crippen molar-refractivity contribution in [2.45, 2.75) is 69.7 Å². The molecule has 1 saturated carbocycles. The van der Waals surface area contributed by atoms with Crippen LogP contribution in [0, 0.1) is 19.8 Å². The molecule has 3 N–H and O–H groups in total. The van der Waals surface area contributed by atoms with Gasteiger partial charge in [0, 0.05) is 19.0 Å². The number of piperidine rings is 1. The maximum absolute atomic E-state index is 13.1. The molecule has 1 atom stereocenters. The minimum atomic E-state index is -3.64. The quantitative estimate of drug-likeness (QED) is 0.561. The van der Waals surface area contributed by atoms with Crippen LogP contribution in [0.2, 0.25) is 0 Å². The van der Waals surface area contributed by atoms with Crippen LogP contribution >= 0.6 is 11.3 Å². The summed E-state index contributed by atoms with van der Waals surface area (Å²) >= 11 is 1.39. The van der Waals surface area contributed by atoms with Crippen molar-refractivity contribution in [2.24, 2.45) is 5.92 Å². The fraction of sp³-hybridized carbons (Fsp3) is 0.565. The van der Waals surface area contributed by atoms with Crippen LogP contribution in [-0.2, 0) is 14.8 Å². The minimum Gasteiger partial charge on any atom is -0.315 e. The van der Waals surface area contributed by atoms with Crippen LogP contribution in [0.4, 0.5) is 5.13 Å². The van der Waals surface area contributed by atoms with Gasteiger partial charge in [-0.15, -0.1) is 0 Å². The number of thiazole rings is 1. The summed E-state index contributed by atoms with van der Waals surface area (Å²) < 4.78 is 29.0. The highest BCUT2D eigenvalue weighted by Crippen LogP contribution is 2.35. The van der Waals surface area contributed by atoms with Crippen LogP contribution in [0.5, 0.6) is 0 Å². The second kappa shape index (κ2) is 9.99. The Kier molecular flexibility index (Phi) is 7.29. The lowest BCUT2D eigenvalue weighted by Crippen LogP contribution is -2.45. The summed E-state index contributed by atoms with van der Waals surface area (Å²) in [7, 11) is -3.64. The van der Waals surface area contributed by atoms with E-state index in [1.165, 1.54) is 24.2 Å². The van der Waals surface area contributed by atoms with Gasteiger partial charge in [0.15, 0.2) is 5.13 Å². The molecule has 2 heterocycles. The number of aromatic nitrogens is 1. The number of carbonyl (C=O) groups excluding carboxylic acids is 1. The maximum atomic E-state index is 13.1. The number of anilines is 1. The lowest BCUT2D eigenvalue weighted by molar-refractivity contribution is -0.117. The van der Waals surface area contributed by atoms with Gasteiger partial charge in [0.05, 0.1) is 15.5 Å². The van der Waals surface area contributed by atoms with Gasteiger partial charge in [0.25, 0.3) is 0 Å². The molecule has 2 aliphatic rings. The van der Waals surface area contributed by atoms with Gasteiger partial charge in [-0.1, -0.05) is 36.3 Å². The standard InChI is InChI=1S/C23H32N4O3S2/c1-15-9-10-18(13-20(15)32(29,30)27-19-8-5-11-24-14-19)22-16(2)25-23(31-22)26-21(28)12-17-6-3-4-7-17/h9-10,13,17,19,24,27H,3-8,11-12,14H2,1-2H3,(H,25,26,28). The van der Waals surface area contributed by atoms with Gasteiger partial charge in [-0.25, -0.2) is 18.1 Å². The molecule has 0 bridgehead atoms. The zero-order valence-corrected chi connectivity index (χ0v) is 20.4. The molecule has 2 aromatic rings. The molecule has 1 unspecified atom stereocenters. The van der Waals surface area contributed by atoms with Crippen molar-refractivity contribution >= 4 is 32.4 Å². The van der Waals surface area contributed by atoms with Crippen molar-refractivity contribution < 1.29 is 13.2 Å². The zero-order valence-electron chi connectivity index (χ0n) is 18.7. The van der Waals surface area contributed by atoms with Crippen molar-refractivity contribution in [2.75, 3.05) is 18.4 Å². The molecule has 1 saturated heterocycles. The molecule has 1 aromatic heterocycles. The van der Waals surface area contributed by atoms with Crippen molar-refractivity contribution in [3.63, 3.8) is 0 Å². The first kappa shape index (κ1) is 23.4.